The van der Waals surface area contributed by atoms with Gasteiger partial charge in [-0.3, -0.25) is 19.2 Å². The first kappa shape index (κ1) is 33.0. The van der Waals surface area contributed by atoms with Gasteiger partial charge in [-0.15, -0.1) is 0 Å². The number of nitrogens with zero attached hydrogens (tertiary/aromatic N) is 2. The van der Waals surface area contributed by atoms with Crippen LogP contribution in [0.5, 0.6) is 0 Å². The molecule has 0 aliphatic heterocycles. The van der Waals surface area contributed by atoms with E-state index < -0.39 is 0 Å². The van der Waals surface area contributed by atoms with Crippen molar-refractivity contribution in [3.05, 3.63) is 95.4 Å². The van der Waals surface area contributed by atoms with Gasteiger partial charge < -0.3 is 46.0 Å². The number of nitrogens with one attached hydrogen (secondary N) is 7. The van der Waals surface area contributed by atoms with Crippen LogP contribution in [0.25, 0.3) is 32.7 Å². The smallest absolute Gasteiger partial charge is 0.272 e. The summed E-state index contributed by atoms with van der Waals surface area (Å²) in [6.07, 6.45) is 0. The number of hydrogen-bond donors (Lipinski definition) is 7. The first-order valence-corrected chi connectivity index (χ1v) is 15.9. The van der Waals surface area contributed by atoms with Crippen molar-refractivity contribution >= 4 is 67.7 Å². The van der Waals surface area contributed by atoms with Crippen molar-refractivity contribution in [2.24, 2.45) is 0 Å². The number of aromatic amines is 3. The van der Waals surface area contributed by atoms with E-state index in [0.29, 0.717) is 58.0 Å². The molecule has 3 heterocycles. The third kappa shape index (κ3) is 7.80. The first-order chi connectivity index (χ1) is 23.5. The average Bonchev–Trinajstić information content (AvgIpc) is 3.80. The summed E-state index contributed by atoms with van der Waals surface area (Å²) in [7, 11) is 7.77. The molecule has 0 atom stereocenters. The fourth-order valence-electron chi connectivity index (χ4n) is 5.43. The highest BCUT2D eigenvalue weighted by molar-refractivity contribution is 6.10. The minimum atomic E-state index is -0.347. The van der Waals surface area contributed by atoms with Crippen LogP contribution in [0.1, 0.15) is 41.8 Å². The van der Waals surface area contributed by atoms with Gasteiger partial charge in [0.15, 0.2) is 0 Å². The monoisotopic (exact) mass is 661 g/mol. The molecule has 3 aromatic heterocycles. The van der Waals surface area contributed by atoms with Crippen molar-refractivity contribution < 1.29 is 19.2 Å². The van der Waals surface area contributed by atoms with Gasteiger partial charge in [0.1, 0.15) is 17.1 Å². The van der Waals surface area contributed by atoms with E-state index in [-0.39, 0.29) is 23.6 Å². The number of carbonyl (C=O) groups is 4. The molecule has 6 rings (SSSR count). The molecule has 0 aliphatic carbocycles. The molecule has 252 valence electrons. The molecule has 0 spiro atoms. The van der Waals surface area contributed by atoms with Crippen LogP contribution in [0.15, 0.2) is 72.8 Å². The number of amides is 4. The van der Waals surface area contributed by atoms with E-state index in [4.69, 9.17) is 0 Å². The highest BCUT2D eigenvalue weighted by Crippen LogP contribution is 2.24. The lowest BCUT2D eigenvalue weighted by Gasteiger charge is -2.09. The molecule has 3 aromatic carbocycles. The number of H-pyrrole nitrogens is 3. The van der Waals surface area contributed by atoms with Crippen LogP contribution in [0.4, 0.5) is 11.4 Å². The molecule has 4 amide bonds. The Morgan fingerprint density at radius 2 is 0.980 bits per heavy atom. The van der Waals surface area contributed by atoms with E-state index in [1.165, 1.54) is 0 Å². The minimum absolute atomic E-state index is 0.191. The third-order valence-corrected chi connectivity index (χ3v) is 8.07. The fourth-order valence-corrected chi connectivity index (χ4v) is 5.43. The highest BCUT2D eigenvalue weighted by Gasteiger charge is 2.15. The SMILES string of the molecule is CN(C)CCNC(=O)c1cc2ccc(NC(=O)c3ccc4[nH]c(C(=O)Nc5ccc6cc(C(=O)NCCN(C)C)[nH]c6c5)cc4c3)cc2[nH]1. The predicted octanol–water partition coefficient (Wildman–Crippen LogP) is 4.22. The van der Waals surface area contributed by atoms with Crippen molar-refractivity contribution in [2.45, 2.75) is 0 Å². The van der Waals surface area contributed by atoms with Crippen LogP contribution in [0.3, 0.4) is 0 Å². The normalized spacial score (nSPS) is 11.5. The van der Waals surface area contributed by atoms with Crippen LogP contribution in [-0.2, 0) is 0 Å². The fraction of sp³-hybridized carbons (Fsp3) is 0.222. The molecule has 7 N–H and O–H groups in total. The van der Waals surface area contributed by atoms with E-state index in [2.05, 4.69) is 36.2 Å². The molecule has 0 unspecified atom stereocenters. The maximum Gasteiger partial charge on any atom is 0.272 e. The van der Waals surface area contributed by atoms with E-state index in [1.54, 1.807) is 60.7 Å². The summed E-state index contributed by atoms with van der Waals surface area (Å²) < 4.78 is 0. The Kier molecular flexibility index (Phi) is 9.47. The second-order valence-corrected chi connectivity index (χ2v) is 12.5. The first-order valence-electron chi connectivity index (χ1n) is 15.9. The van der Waals surface area contributed by atoms with Crippen molar-refractivity contribution in [1.29, 1.82) is 0 Å². The van der Waals surface area contributed by atoms with Gasteiger partial charge in [-0.1, -0.05) is 12.1 Å². The number of anilines is 2. The topological polar surface area (TPSA) is 170 Å². The van der Waals surface area contributed by atoms with Crippen LogP contribution >= 0.6 is 0 Å². The Balaban J connectivity index is 1.09. The van der Waals surface area contributed by atoms with E-state index >= 15 is 0 Å². The van der Waals surface area contributed by atoms with E-state index in [1.807, 2.05) is 50.1 Å². The van der Waals surface area contributed by atoms with Gasteiger partial charge in [-0.2, -0.15) is 0 Å². The van der Waals surface area contributed by atoms with Crippen molar-refractivity contribution in [3.63, 3.8) is 0 Å². The molecule has 0 radical (unpaired) electrons. The molecule has 49 heavy (non-hydrogen) atoms. The van der Waals surface area contributed by atoms with Crippen LogP contribution in [0.2, 0.25) is 0 Å². The van der Waals surface area contributed by atoms with Gasteiger partial charge in [0.2, 0.25) is 0 Å². The number of rotatable bonds is 12. The third-order valence-electron chi connectivity index (χ3n) is 8.07. The molecule has 0 bridgehead atoms. The van der Waals surface area contributed by atoms with Gasteiger partial charge in [-0.05, 0) is 88.9 Å². The average molecular weight is 662 g/mol. The zero-order valence-electron chi connectivity index (χ0n) is 27.8. The van der Waals surface area contributed by atoms with Gasteiger partial charge in [0.25, 0.3) is 23.6 Å². The Bertz CT molecular complexity index is 2070. The number of carbonyl (C=O) groups excluding carboxylic acids is 4. The number of hydrogen-bond acceptors (Lipinski definition) is 6. The van der Waals surface area contributed by atoms with E-state index in [0.717, 1.165) is 34.9 Å². The zero-order chi connectivity index (χ0) is 34.7. The quantitative estimate of drug-likeness (QED) is 0.104. The summed E-state index contributed by atoms with van der Waals surface area (Å²) in [5, 5.41) is 14.0. The van der Waals surface area contributed by atoms with Gasteiger partial charge in [-0.25, -0.2) is 0 Å². The summed E-state index contributed by atoms with van der Waals surface area (Å²) in [5.41, 5.74) is 4.94. The summed E-state index contributed by atoms with van der Waals surface area (Å²) in [4.78, 5) is 64.7. The Labute approximate surface area is 282 Å². The largest absolute Gasteiger partial charge is 0.351 e. The molecule has 6 aromatic rings. The highest BCUT2D eigenvalue weighted by atomic mass is 16.2. The number of likely N-dealkylation sites (N-methyl/N-ethyl adjacent to an activating group) is 2. The lowest BCUT2D eigenvalue weighted by molar-refractivity contribution is 0.0939. The van der Waals surface area contributed by atoms with Crippen molar-refractivity contribution in [1.82, 2.24) is 35.4 Å². The number of benzene rings is 3. The van der Waals surface area contributed by atoms with Crippen LogP contribution in [0, 0.1) is 0 Å². The van der Waals surface area contributed by atoms with Gasteiger partial charge in [0.05, 0.1) is 0 Å². The van der Waals surface area contributed by atoms with Crippen LogP contribution < -0.4 is 21.3 Å². The maximum atomic E-state index is 13.2. The van der Waals surface area contributed by atoms with Gasteiger partial charge >= 0.3 is 0 Å². The number of fused-ring (bicyclic) bond motifs is 3. The second-order valence-electron chi connectivity index (χ2n) is 12.5. The molecule has 0 fully saturated rings. The molecular weight excluding hydrogens is 622 g/mol. The van der Waals surface area contributed by atoms with Gasteiger partial charge in [0, 0.05) is 75.8 Å². The van der Waals surface area contributed by atoms with E-state index in [9.17, 15) is 19.2 Å². The molecule has 0 aliphatic rings. The summed E-state index contributed by atoms with van der Waals surface area (Å²) in [6, 6.07) is 21.2. The minimum Gasteiger partial charge on any atom is -0.351 e. The Morgan fingerprint density at radius 3 is 1.51 bits per heavy atom. The molecule has 13 nitrogen and oxygen atoms in total. The predicted molar refractivity (Wildman–Crippen MR) is 193 cm³/mol. The summed E-state index contributed by atoms with van der Waals surface area (Å²) >= 11 is 0. The Morgan fingerprint density at radius 1 is 0.510 bits per heavy atom. The molecular formula is C36H39N9O4. The second kappa shape index (κ2) is 14.1. The number of aromatic nitrogens is 3. The standard InChI is InChI=1S/C36H39N9O4/c1-44(2)13-11-37-34(47)30-16-21-5-8-25(19-28(21)42-30)39-33(46)23-7-10-27-24(15-23)18-32(41-27)36(49)40-26-9-6-22-17-31(43-29(22)20-26)35(48)38-12-14-45(3)4/h5-10,15-20,41-43H,11-14H2,1-4H3,(H,37,47)(H,38,48)(H,39,46)(H,40,49). The molecule has 13 heteroatoms. The Hall–Kier alpha value is -5.92. The lowest BCUT2D eigenvalue weighted by Crippen LogP contribution is -2.31. The lowest BCUT2D eigenvalue weighted by atomic mass is 10.1. The molecule has 0 saturated carbocycles. The van der Waals surface area contributed by atoms with Crippen LogP contribution in [-0.4, -0.2) is 103 Å². The van der Waals surface area contributed by atoms with Crippen molar-refractivity contribution in [2.75, 3.05) is 65.0 Å². The zero-order valence-corrected chi connectivity index (χ0v) is 27.8. The van der Waals surface area contributed by atoms with Crippen molar-refractivity contribution in [3.8, 4) is 0 Å². The summed E-state index contributed by atoms with van der Waals surface area (Å²) in [5.74, 6) is -1.04. The summed E-state index contributed by atoms with van der Waals surface area (Å²) in [6.45, 7) is 2.53. The molecule has 0 saturated heterocycles. The maximum absolute atomic E-state index is 13.2.